The van der Waals surface area contributed by atoms with Gasteiger partial charge in [-0.1, -0.05) is 41.9 Å². The summed E-state index contributed by atoms with van der Waals surface area (Å²) in [5.41, 5.74) is 4.59. The molecular weight excluding hydrogens is 384 g/mol. The van der Waals surface area contributed by atoms with Crippen LogP contribution in [0.2, 0.25) is 5.02 Å². The van der Waals surface area contributed by atoms with Crippen LogP contribution < -0.4 is 9.47 Å². The monoisotopic (exact) mass is 406 g/mol. The summed E-state index contributed by atoms with van der Waals surface area (Å²) in [5, 5.41) is 0.606. The molecule has 3 rings (SSSR count). The number of allylic oxidation sites excluding steroid dienone is 1. The quantitative estimate of drug-likeness (QED) is 0.334. The molecule has 0 aliphatic rings. The number of hydrogen-bond donors (Lipinski definition) is 0. The second kappa shape index (κ2) is 9.44. The third kappa shape index (κ3) is 5.27. The number of rotatable bonds is 7. The second-order valence-corrected chi connectivity index (χ2v) is 7.22. The summed E-state index contributed by atoms with van der Waals surface area (Å²) < 4.78 is 11.5. The Morgan fingerprint density at radius 1 is 1.00 bits per heavy atom. The van der Waals surface area contributed by atoms with Crippen molar-refractivity contribution in [2.75, 3.05) is 7.11 Å². The van der Waals surface area contributed by atoms with Crippen LogP contribution in [0.5, 0.6) is 11.5 Å². The Hall–Kier alpha value is -3.04. The average Bonchev–Trinajstić information content (AvgIpc) is 2.72. The van der Waals surface area contributed by atoms with Gasteiger partial charge in [0.1, 0.15) is 18.1 Å². The van der Waals surface area contributed by atoms with Crippen molar-refractivity contribution in [3.63, 3.8) is 0 Å². The summed E-state index contributed by atoms with van der Waals surface area (Å²) in [5.74, 6) is 1.55. The number of benzene rings is 3. The number of ketones is 1. The van der Waals surface area contributed by atoms with Crippen LogP contribution in [0.3, 0.4) is 0 Å². The molecule has 3 aromatic carbocycles. The fourth-order valence-corrected chi connectivity index (χ4v) is 3.20. The molecule has 0 spiro atoms. The zero-order valence-corrected chi connectivity index (χ0v) is 17.5. The zero-order valence-electron chi connectivity index (χ0n) is 16.7. The van der Waals surface area contributed by atoms with E-state index in [1.165, 1.54) is 0 Å². The van der Waals surface area contributed by atoms with Gasteiger partial charge in [-0.15, -0.1) is 0 Å². The number of para-hydroxylation sites is 1. The normalized spacial score (nSPS) is 10.9. The molecule has 148 valence electrons. The van der Waals surface area contributed by atoms with E-state index in [1.54, 1.807) is 43.5 Å². The number of hydrogen-bond acceptors (Lipinski definition) is 3. The predicted molar refractivity (Wildman–Crippen MR) is 118 cm³/mol. The molecule has 0 aromatic heterocycles. The zero-order chi connectivity index (χ0) is 20.8. The van der Waals surface area contributed by atoms with E-state index in [0.29, 0.717) is 17.2 Å². The topological polar surface area (TPSA) is 35.5 Å². The first kappa shape index (κ1) is 20.7. The Labute approximate surface area is 176 Å². The fourth-order valence-electron chi connectivity index (χ4n) is 3.07. The first-order valence-electron chi connectivity index (χ1n) is 9.32. The van der Waals surface area contributed by atoms with E-state index in [1.807, 2.05) is 50.2 Å². The number of aryl methyl sites for hydroxylation is 2. The summed E-state index contributed by atoms with van der Waals surface area (Å²) in [4.78, 5) is 12.3. The Balaban J connectivity index is 1.77. The highest BCUT2D eigenvalue weighted by Gasteiger charge is 2.08. The molecule has 3 nitrogen and oxygen atoms in total. The van der Waals surface area contributed by atoms with Gasteiger partial charge in [0.25, 0.3) is 0 Å². The molecule has 29 heavy (non-hydrogen) atoms. The van der Waals surface area contributed by atoms with Gasteiger partial charge in [-0.05, 0) is 73.0 Å². The summed E-state index contributed by atoms with van der Waals surface area (Å²) in [7, 11) is 1.64. The van der Waals surface area contributed by atoms with Gasteiger partial charge >= 0.3 is 0 Å². The first-order valence-corrected chi connectivity index (χ1v) is 9.69. The lowest BCUT2D eigenvalue weighted by atomic mass is 10.1. The minimum absolute atomic E-state index is 0.0779. The van der Waals surface area contributed by atoms with Crippen molar-refractivity contribution in [2.24, 2.45) is 0 Å². The van der Waals surface area contributed by atoms with E-state index >= 15 is 0 Å². The van der Waals surface area contributed by atoms with Gasteiger partial charge in [-0.2, -0.15) is 0 Å². The van der Waals surface area contributed by atoms with Gasteiger partial charge < -0.3 is 9.47 Å². The molecule has 0 saturated carbocycles. The molecule has 0 fully saturated rings. The van der Waals surface area contributed by atoms with Crippen molar-refractivity contribution < 1.29 is 14.3 Å². The Bertz CT molecular complexity index is 1020. The molecule has 0 atom stereocenters. The molecule has 0 saturated heterocycles. The maximum Gasteiger partial charge on any atom is 0.185 e. The molecular formula is C25H23ClO3. The average molecular weight is 407 g/mol. The van der Waals surface area contributed by atoms with Gasteiger partial charge in [0.2, 0.25) is 0 Å². The Morgan fingerprint density at radius 2 is 1.69 bits per heavy atom. The summed E-state index contributed by atoms with van der Waals surface area (Å²) in [6, 6.07) is 18.7. The fraction of sp³-hybridized carbons (Fsp3) is 0.160. The third-order valence-corrected chi connectivity index (χ3v) is 4.89. The van der Waals surface area contributed by atoms with E-state index in [4.69, 9.17) is 21.1 Å². The lowest BCUT2D eigenvalue weighted by molar-refractivity contribution is 0.104. The SMILES string of the molecule is COc1ccc(/C=C/C(=O)c2ccc(Cl)cc2)cc1COc1c(C)cccc1C. The minimum Gasteiger partial charge on any atom is -0.496 e. The molecule has 0 aliphatic heterocycles. The maximum atomic E-state index is 12.3. The standard InChI is InChI=1S/C25H23ClO3/c1-17-5-4-6-18(2)25(17)29-16-21-15-19(8-14-24(21)28-3)7-13-23(27)20-9-11-22(26)12-10-20/h4-15H,16H2,1-3H3/b13-7+. The molecule has 4 heteroatoms. The largest absolute Gasteiger partial charge is 0.496 e. The minimum atomic E-state index is -0.0779. The van der Waals surface area contributed by atoms with E-state index < -0.39 is 0 Å². The van der Waals surface area contributed by atoms with E-state index in [2.05, 4.69) is 0 Å². The first-order chi connectivity index (χ1) is 14.0. The molecule has 0 radical (unpaired) electrons. The van der Waals surface area contributed by atoms with E-state index in [0.717, 1.165) is 33.8 Å². The van der Waals surface area contributed by atoms with Crippen LogP contribution in [-0.4, -0.2) is 12.9 Å². The van der Waals surface area contributed by atoms with Crippen molar-refractivity contribution >= 4 is 23.5 Å². The highest BCUT2D eigenvalue weighted by molar-refractivity contribution is 6.30. The van der Waals surface area contributed by atoms with Crippen molar-refractivity contribution in [3.05, 3.63) is 99.6 Å². The molecule has 0 N–H and O–H groups in total. The Morgan fingerprint density at radius 3 is 2.34 bits per heavy atom. The predicted octanol–water partition coefficient (Wildman–Crippen LogP) is 6.44. The van der Waals surface area contributed by atoms with Gasteiger partial charge in [0, 0.05) is 16.1 Å². The van der Waals surface area contributed by atoms with Crippen LogP contribution in [0.1, 0.15) is 32.6 Å². The number of carbonyl (C=O) groups excluding carboxylic acids is 1. The molecule has 0 unspecified atom stereocenters. The van der Waals surface area contributed by atoms with Crippen LogP contribution in [0, 0.1) is 13.8 Å². The van der Waals surface area contributed by atoms with Crippen molar-refractivity contribution in [2.45, 2.75) is 20.5 Å². The van der Waals surface area contributed by atoms with E-state index in [-0.39, 0.29) is 5.78 Å². The van der Waals surface area contributed by atoms with Gasteiger partial charge in [0.05, 0.1) is 7.11 Å². The van der Waals surface area contributed by atoms with Crippen molar-refractivity contribution in [1.82, 2.24) is 0 Å². The molecule has 3 aromatic rings. The summed E-state index contributed by atoms with van der Waals surface area (Å²) in [6.45, 7) is 4.43. The highest BCUT2D eigenvalue weighted by atomic mass is 35.5. The maximum absolute atomic E-state index is 12.3. The number of methoxy groups -OCH3 is 1. The number of halogens is 1. The van der Waals surface area contributed by atoms with Crippen LogP contribution >= 0.6 is 11.6 Å². The highest BCUT2D eigenvalue weighted by Crippen LogP contribution is 2.27. The van der Waals surface area contributed by atoms with Crippen LogP contribution in [0.15, 0.2) is 66.7 Å². The lowest BCUT2D eigenvalue weighted by Crippen LogP contribution is -2.01. The summed E-state index contributed by atoms with van der Waals surface area (Å²) >= 11 is 5.88. The second-order valence-electron chi connectivity index (χ2n) is 6.79. The number of carbonyl (C=O) groups is 1. The molecule has 0 heterocycles. The van der Waals surface area contributed by atoms with Crippen LogP contribution in [0.4, 0.5) is 0 Å². The lowest BCUT2D eigenvalue weighted by Gasteiger charge is -2.14. The smallest absolute Gasteiger partial charge is 0.185 e. The van der Waals surface area contributed by atoms with Crippen LogP contribution in [0.25, 0.3) is 6.08 Å². The van der Waals surface area contributed by atoms with E-state index in [9.17, 15) is 4.79 Å². The van der Waals surface area contributed by atoms with Gasteiger partial charge in [-0.25, -0.2) is 0 Å². The van der Waals surface area contributed by atoms with Gasteiger partial charge in [0.15, 0.2) is 5.78 Å². The number of ether oxygens (including phenoxy) is 2. The van der Waals surface area contributed by atoms with Gasteiger partial charge in [-0.3, -0.25) is 4.79 Å². The van der Waals surface area contributed by atoms with Crippen molar-refractivity contribution in [3.8, 4) is 11.5 Å². The molecule has 0 aliphatic carbocycles. The van der Waals surface area contributed by atoms with Crippen molar-refractivity contribution in [1.29, 1.82) is 0 Å². The molecule has 0 amide bonds. The Kier molecular flexibility index (Phi) is 6.73. The molecule has 0 bridgehead atoms. The third-order valence-electron chi connectivity index (χ3n) is 4.64. The van der Waals surface area contributed by atoms with Crippen LogP contribution in [-0.2, 0) is 6.61 Å². The summed E-state index contributed by atoms with van der Waals surface area (Å²) in [6.07, 6.45) is 3.35.